The van der Waals surface area contributed by atoms with Gasteiger partial charge in [0.05, 0.1) is 12.1 Å². The second-order valence-electron chi connectivity index (χ2n) is 3.84. The van der Waals surface area contributed by atoms with Gasteiger partial charge in [-0.3, -0.25) is 4.79 Å². The average molecular weight is 171 g/mol. The third-order valence-corrected chi connectivity index (χ3v) is 2.26. The molecular weight excluding hydrogens is 154 g/mol. The van der Waals surface area contributed by atoms with Crippen molar-refractivity contribution in [3.63, 3.8) is 0 Å². The van der Waals surface area contributed by atoms with Crippen LogP contribution in [-0.2, 0) is 9.53 Å². The van der Waals surface area contributed by atoms with Crippen molar-refractivity contribution in [1.82, 2.24) is 4.90 Å². The monoisotopic (exact) mass is 171 g/mol. The molecule has 1 heterocycles. The third kappa shape index (κ3) is 1.46. The molecule has 0 saturated carbocycles. The predicted octanol–water partition coefficient (Wildman–Crippen LogP) is 1.38. The van der Waals surface area contributed by atoms with Crippen LogP contribution >= 0.6 is 0 Å². The van der Waals surface area contributed by atoms with Crippen molar-refractivity contribution < 1.29 is 9.53 Å². The molecule has 0 spiro atoms. The Balaban J connectivity index is 2.78. The lowest BCUT2D eigenvalue weighted by molar-refractivity contribution is -0.138. The lowest BCUT2D eigenvalue weighted by Gasteiger charge is -2.31. The van der Waals surface area contributed by atoms with Gasteiger partial charge in [0.1, 0.15) is 6.23 Å². The normalized spacial score (nSPS) is 27.7. The summed E-state index contributed by atoms with van der Waals surface area (Å²) in [7, 11) is 0. The molecule has 1 atom stereocenters. The molecule has 12 heavy (non-hydrogen) atoms. The van der Waals surface area contributed by atoms with Crippen LogP contribution in [0.1, 0.15) is 34.1 Å². The molecule has 1 unspecified atom stereocenters. The summed E-state index contributed by atoms with van der Waals surface area (Å²) in [6.45, 7) is 8.50. The molecule has 1 rings (SSSR count). The fourth-order valence-corrected chi connectivity index (χ4v) is 1.67. The molecule has 0 aromatic heterocycles. The van der Waals surface area contributed by atoms with Gasteiger partial charge in [0.2, 0.25) is 5.91 Å². The molecule has 1 saturated heterocycles. The van der Waals surface area contributed by atoms with Gasteiger partial charge >= 0.3 is 0 Å². The fraction of sp³-hybridized carbons (Fsp3) is 0.889. The molecule has 70 valence electrons. The molecular formula is C9H17NO2. The maximum Gasteiger partial charge on any atom is 0.224 e. The largest absolute Gasteiger partial charge is 0.356 e. The molecule has 0 aliphatic carbocycles. The van der Waals surface area contributed by atoms with Crippen molar-refractivity contribution in [3.05, 3.63) is 0 Å². The zero-order valence-electron chi connectivity index (χ0n) is 8.26. The lowest BCUT2D eigenvalue weighted by Crippen LogP contribution is -2.47. The van der Waals surface area contributed by atoms with E-state index in [2.05, 4.69) is 0 Å². The van der Waals surface area contributed by atoms with Crippen LogP contribution in [0.2, 0.25) is 0 Å². The van der Waals surface area contributed by atoms with Crippen LogP contribution in [0.3, 0.4) is 0 Å². The highest BCUT2D eigenvalue weighted by atomic mass is 16.5. The second kappa shape index (κ2) is 3.05. The van der Waals surface area contributed by atoms with E-state index >= 15 is 0 Å². The molecule has 1 amide bonds. The number of ether oxygens (including phenoxy) is 1. The highest BCUT2D eigenvalue weighted by molar-refractivity contribution is 5.77. The minimum absolute atomic E-state index is 0.0625. The molecule has 1 aliphatic heterocycles. The van der Waals surface area contributed by atoms with E-state index in [1.807, 2.05) is 32.6 Å². The van der Waals surface area contributed by atoms with E-state index in [-0.39, 0.29) is 17.7 Å². The quantitative estimate of drug-likeness (QED) is 0.596. The minimum atomic E-state index is -0.132. The van der Waals surface area contributed by atoms with Crippen molar-refractivity contribution in [2.24, 2.45) is 0 Å². The summed E-state index contributed by atoms with van der Waals surface area (Å²) in [5, 5.41) is 0. The Morgan fingerprint density at radius 2 is 2.25 bits per heavy atom. The average Bonchev–Trinajstić information content (AvgIpc) is 2.25. The molecule has 0 N–H and O–H groups in total. The van der Waals surface area contributed by atoms with Crippen molar-refractivity contribution in [2.45, 2.75) is 45.9 Å². The fourth-order valence-electron chi connectivity index (χ4n) is 1.67. The molecule has 0 aromatic rings. The first-order valence-electron chi connectivity index (χ1n) is 4.43. The van der Waals surface area contributed by atoms with Crippen LogP contribution in [0.5, 0.6) is 0 Å². The van der Waals surface area contributed by atoms with E-state index in [4.69, 9.17) is 4.74 Å². The Morgan fingerprint density at radius 1 is 1.67 bits per heavy atom. The van der Waals surface area contributed by atoms with E-state index < -0.39 is 0 Å². The van der Waals surface area contributed by atoms with Gasteiger partial charge in [-0.05, 0) is 20.8 Å². The van der Waals surface area contributed by atoms with Gasteiger partial charge in [-0.1, -0.05) is 6.92 Å². The molecule has 1 fully saturated rings. The number of hydrogen-bond donors (Lipinski definition) is 0. The lowest BCUT2D eigenvalue weighted by atomic mass is 10.1. The smallest absolute Gasteiger partial charge is 0.224 e. The van der Waals surface area contributed by atoms with Crippen LogP contribution in [0.4, 0.5) is 0 Å². The molecule has 0 aromatic carbocycles. The van der Waals surface area contributed by atoms with E-state index in [1.54, 1.807) is 0 Å². The summed E-state index contributed by atoms with van der Waals surface area (Å²) in [4.78, 5) is 13.3. The van der Waals surface area contributed by atoms with E-state index in [0.29, 0.717) is 13.0 Å². The summed E-state index contributed by atoms with van der Waals surface area (Å²) in [6, 6.07) is 0. The first-order valence-corrected chi connectivity index (χ1v) is 4.43. The highest BCUT2D eigenvalue weighted by Crippen LogP contribution is 2.26. The molecule has 0 radical (unpaired) electrons. The van der Waals surface area contributed by atoms with Gasteiger partial charge in [0, 0.05) is 6.42 Å². The Hall–Kier alpha value is -0.570. The Morgan fingerprint density at radius 3 is 2.58 bits per heavy atom. The number of carbonyl (C=O) groups is 1. The number of nitrogens with zero attached hydrogens (tertiary/aromatic N) is 1. The number of hydrogen-bond acceptors (Lipinski definition) is 2. The molecule has 1 aliphatic rings. The van der Waals surface area contributed by atoms with Crippen molar-refractivity contribution in [3.8, 4) is 0 Å². The van der Waals surface area contributed by atoms with Crippen molar-refractivity contribution >= 4 is 5.91 Å². The van der Waals surface area contributed by atoms with Crippen LogP contribution in [0.25, 0.3) is 0 Å². The number of rotatable bonds is 1. The first kappa shape index (κ1) is 9.52. The Bertz CT molecular complexity index is 189. The Kier molecular flexibility index (Phi) is 2.42. The van der Waals surface area contributed by atoms with E-state index in [9.17, 15) is 4.79 Å². The SMILES string of the molecule is CCC(=O)N1C(C)OCC1(C)C. The van der Waals surface area contributed by atoms with Gasteiger partial charge < -0.3 is 9.64 Å². The van der Waals surface area contributed by atoms with Crippen LogP contribution < -0.4 is 0 Å². The van der Waals surface area contributed by atoms with E-state index in [1.165, 1.54) is 0 Å². The minimum Gasteiger partial charge on any atom is -0.356 e. The first-order chi connectivity index (χ1) is 5.49. The Labute approximate surface area is 73.7 Å². The third-order valence-electron chi connectivity index (χ3n) is 2.26. The van der Waals surface area contributed by atoms with Crippen molar-refractivity contribution in [2.75, 3.05) is 6.61 Å². The maximum absolute atomic E-state index is 11.5. The summed E-state index contributed by atoms with van der Waals surface area (Å²) in [5.74, 6) is 0.171. The van der Waals surface area contributed by atoms with Gasteiger partial charge in [-0.15, -0.1) is 0 Å². The summed E-state index contributed by atoms with van der Waals surface area (Å²) >= 11 is 0. The molecule has 0 bridgehead atoms. The molecule has 3 heteroatoms. The van der Waals surface area contributed by atoms with Crippen LogP contribution in [-0.4, -0.2) is 29.2 Å². The molecule has 3 nitrogen and oxygen atoms in total. The summed E-state index contributed by atoms with van der Waals surface area (Å²) < 4.78 is 5.41. The standard InChI is InChI=1S/C9H17NO2/c1-5-8(11)10-7(2)12-6-9(10,3)4/h7H,5-6H2,1-4H3. The van der Waals surface area contributed by atoms with Gasteiger partial charge in [0.25, 0.3) is 0 Å². The summed E-state index contributed by atoms with van der Waals surface area (Å²) in [6.07, 6.45) is 0.490. The zero-order chi connectivity index (χ0) is 9.35. The van der Waals surface area contributed by atoms with Crippen molar-refractivity contribution in [1.29, 1.82) is 0 Å². The van der Waals surface area contributed by atoms with Crippen LogP contribution in [0.15, 0.2) is 0 Å². The zero-order valence-corrected chi connectivity index (χ0v) is 8.26. The second-order valence-corrected chi connectivity index (χ2v) is 3.84. The van der Waals surface area contributed by atoms with E-state index in [0.717, 1.165) is 0 Å². The highest BCUT2D eigenvalue weighted by Gasteiger charge is 2.40. The maximum atomic E-state index is 11.5. The van der Waals surface area contributed by atoms with Gasteiger partial charge in [-0.2, -0.15) is 0 Å². The topological polar surface area (TPSA) is 29.5 Å². The van der Waals surface area contributed by atoms with Crippen LogP contribution in [0, 0.1) is 0 Å². The number of amides is 1. The predicted molar refractivity (Wildman–Crippen MR) is 46.6 cm³/mol. The number of carbonyl (C=O) groups excluding carboxylic acids is 1. The van der Waals surface area contributed by atoms with Gasteiger partial charge in [-0.25, -0.2) is 0 Å². The summed E-state index contributed by atoms with van der Waals surface area (Å²) in [5.41, 5.74) is -0.132. The van der Waals surface area contributed by atoms with Gasteiger partial charge in [0.15, 0.2) is 0 Å².